The van der Waals surface area contributed by atoms with Crippen LogP contribution in [-0.4, -0.2) is 25.6 Å². The summed E-state index contributed by atoms with van der Waals surface area (Å²) >= 11 is 1.16. The molecule has 0 aliphatic carbocycles. The van der Waals surface area contributed by atoms with Crippen LogP contribution in [0, 0.1) is 0 Å². The molecule has 0 unspecified atom stereocenters. The van der Waals surface area contributed by atoms with E-state index in [0.29, 0.717) is 4.88 Å². The summed E-state index contributed by atoms with van der Waals surface area (Å²) in [5.74, 6) is -1.47. The summed E-state index contributed by atoms with van der Waals surface area (Å²) in [6, 6.07) is 1.67. The molecule has 0 bridgehead atoms. The molecule has 2 rings (SSSR count). The molecule has 0 fully saturated rings. The van der Waals surface area contributed by atoms with Gasteiger partial charge in [-0.3, -0.25) is 0 Å². The van der Waals surface area contributed by atoms with Crippen LogP contribution in [0.5, 0.6) is 0 Å². The molecule has 0 saturated heterocycles. The third-order valence-corrected chi connectivity index (χ3v) is 1.99. The predicted molar refractivity (Wildman–Crippen MR) is 42.4 cm³/mol. The first-order valence-electron chi connectivity index (χ1n) is 3.25. The molecule has 66 valence electrons. The van der Waals surface area contributed by atoms with E-state index in [1.54, 1.807) is 12.3 Å². The Kier molecular flexibility index (Phi) is 1.78. The highest BCUT2D eigenvalue weighted by Gasteiger charge is 2.14. The van der Waals surface area contributed by atoms with Crippen LogP contribution in [0.25, 0.3) is 10.8 Å². The Morgan fingerprint density at radius 1 is 1.54 bits per heavy atom. The van der Waals surface area contributed by atoms with Crippen molar-refractivity contribution in [2.45, 2.75) is 0 Å². The molecule has 0 spiro atoms. The molecule has 13 heavy (non-hydrogen) atoms. The minimum atomic E-state index is -1.23. The molecule has 7 heteroatoms. The van der Waals surface area contributed by atoms with Crippen molar-refractivity contribution in [3.8, 4) is 10.8 Å². The molecule has 2 aromatic heterocycles. The molecule has 2 heterocycles. The second-order valence-electron chi connectivity index (χ2n) is 2.09. The Morgan fingerprint density at radius 2 is 2.38 bits per heavy atom. The van der Waals surface area contributed by atoms with Crippen LogP contribution in [-0.2, 0) is 0 Å². The van der Waals surface area contributed by atoms with E-state index < -0.39 is 11.9 Å². The van der Waals surface area contributed by atoms with Gasteiger partial charge in [0.1, 0.15) is 4.88 Å². The summed E-state index contributed by atoms with van der Waals surface area (Å²) in [6.07, 6.45) is 1.57. The lowest BCUT2D eigenvalue weighted by atomic mass is 10.5. The third kappa shape index (κ3) is 1.41. The zero-order valence-electron chi connectivity index (χ0n) is 6.17. The summed E-state index contributed by atoms with van der Waals surface area (Å²) in [6.45, 7) is 0. The maximum absolute atomic E-state index is 10.4. The van der Waals surface area contributed by atoms with Gasteiger partial charge in [-0.1, -0.05) is 0 Å². The molecule has 0 radical (unpaired) electrons. The smallest absolute Gasteiger partial charge is 0.393 e. The quantitative estimate of drug-likeness (QED) is 0.768. The van der Waals surface area contributed by atoms with Crippen molar-refractivity contribution < 1.29 is 14.3 Å². The van der Waals surface area contributed by atoms with Crippen molar-refractivity contribution in [1.82, 2.24) is 14.6 Å². The van der Waals surface area contributed by atoms with Crippen molar-refractivity contribution in [2.24, 2.45) is 0 Å². The van der Waals surface area contributed by atoms with Crippen LogP contribution in [0.15, 0.2) is 16.7 Å². The first kappa shape index (κ1) is 7.87. The molecule has 2 aromatic rings. The standard InChI is InChI=1S/C6H3N3O3S/c10-6(11)5-9-8-4(12-5)3-1-2-7-13-3/h1-2H,(H,10,11). The van der Waals surface area contributed by atoms with E-state index in [4.69, 9.17) is 9.52 Å². The van der Waals surface area contributed by atoms with Crippen LogP contribution in [0.2, 0.25) is 0 Å². The SMILES string of the molecule is O=C(O)c1nnc(-c2ccns2)o1. The molecule has 0 atom stereocenters. The predicted octanol–water partition coefficient (Wildman–Crippen LogP) is 0.891. The van der Waals surface area contributed by atoms with Crippen molar-refractivity contribution in [1.29, 1.82) is 0 Å². The summed E-state index contributed by atoms with van der Waals surface area (Å²) in [5.41, 5.74) is 0. The topological polar surface area (TPSA) is 89.1 Å². The Labute approximate surface area is 76.0 Å². The zero-order chi connectivity index (χ0) is 9.26. The number of hydrogen-bond acceptors (Lipinski definition) is 6. The zero-order valence-corrected chi connectivity index (χ0v) is 6.98. The first-order valence-corrected chi connectivity index (χ1v) is 4.02. The maximum Gasteiger partial charge on any atom is 0.393 e. The number of carboxylic acids is 1. The highest BCUT2D eigenvalue weighted by atomic mass is 32.1. The monoisotopic (exact) mass is 197 g/mol. The lowest BCUT2D eigenvalue weighted by molar-refractivity contribution is 0.0654. The van der Waals surface area contributed by atoms with E-state index in [2.05, 4.69) is 14.6 Å². The molecule has 0 aliphatic rings. The van der Waals surface area contributed by atoms with Gasteiger partial charge in [0.2, 0.25) is 0 Å². The summed E-state index contributed by atoms with van der Waals surface area (Å²) in [5, 5.41) is 15.4. The summed E-state index contributed by atoms with van der Waals surface area (Å²) in [4.78, 5) is 11.0. The number of carbonyl (C=O) groups is 1. The highest BCUT2D eigenvalue weighted by Crippen LogP contribution is 2.20. The van der Waals surface area contributed by atoms with Gasteiger partial charge in [0.05, 0.1) is 0 Å². The second kappa shape index (κ2) is 2.94. The number of aromatic nitrogens is 3. The molecule has 0 saturated carbocycles. The fourth-order valence-electron chi connectivity index (χ4n) is 0.735. The minimum Gasteiger partial charge on any atom is -0.474 e. The maximum atomic E-state index is 10.4. The Morgan fingerprint density at radius 3 is 2.92 bits per heavy atom. The number of aromatic carboxylic acids is 1. The van der Waals surface area contributed by atoms with Crippen LogP contribution < -0.4 is 0 Å². The molecular formula is C6H3N3O3S. The lowest BCUT2D eigenvalue weighted by Crippen LogP contribution is -1.95. The number of carboxylic acid groups (broad SMARTS) is 1. The van der Waals surface area contributed by atoms with Crippen LogP contribution in [0.3, 0.4) is 0 Å². The molecular weight excluding hydrogens is 194 g/mol. The molecule has 0 amide bonds. The summed E-state index contributed by atoms with van der Waals surface area (Å²) in [7, 11) is 0. The van der Waals surface area contributed by atoms with Crippen molar-refractivity contribution in [3.05, 3.63) is 18.2 Å². The molecule has 0 aliphatic heterocycles. The largest absolute Gasteiger partial charge is 0.474 e. The Balaban J connectivity index is 2.39. The van der Waals surface area contributed by atoms with Crippen LogP contribution in [0.1, 0.15) is 10.7 Å². The van der Waals surface area contributed by atoms with Gasteiger partial charge >= 0.3 is 11.9 Å². The molecule has 0 aromatic carbocycles. The van der Waals surface area contributed by atoms with E-state index in [-0.39, 0.29) is 5.89 Å². The summed E-state index contributed by atoms with van der Waals surface area (Å²) < 4.78 is 8.66. The minimum absolute atomic E-state index is 0.180. The number of rotatable bonds is 2. The number of hydrogen-bond donors (Lipinski definition) is 1. The average molecular weight is 197 g/mol. The fourth-order valence-corrected chi connectivity index (χ4v) is 1.25. The van der Waals surface area contributed by atoms with E-state index in [9.17, 15) is 4.79 Å². The average Bonchev–Trinajstić information content (AvgIpc) is 2.75. The first-order chi connectivity index (χ1) is 6.27. The van der Waals surface area contributed by atoms with Crippen molar-refractivity contribution in [3.63, 3.8) is 0 Å². The van der Waals surface area contributed by atoms with Gasteiger partial charge in [-0.15, -0.1) is 10.2 Å². The van der Waals surface area contributed by atoms with E-state index >= 15 is 0 Å². The van der Waals surface area contributed by atoms with Crippen LogP contribution in [0.4, 0.5) is 0 Å². The third-order valence-electron chi connectivity index (χ3n) is 1.26. The number of nitrogens with zero attached hydrogens (tertiary/aromatic N) is 3. The molecule has 6 nitrogen and oxygen atoms in total. The van der Waals surface area contributed by atoms with Gasteiger partial charge in [0.25, 0.3) is 5.89 Å². The fraction of sp³-hybridized carbons (Fsp3) is 0. The normalized spacial score (nSPS) is 10.2. The van der Waals surface area contributed by atoms with E-state index in [0.717, 1.165) is 11.5 Å². The van der Waals surface area contributed by atoms with Gasteiger partial charge in [-0.25, -0.2) is 9.17 Å². The van der Waals surface area contributed by atoms with Gasteiger partial charge in [0.15, 0.2) is 0 Å². The van der Waals surface area contributed by atoms with Crippen molar-refractivity contribution in [2.75, 3.05) is 0 Å². The molecule has 1 N–H and O–H groups in total. The van der Waals surface area contributed by atoms with Gasteiger partial charge < -0.3 is 9.52 Å². The Hall–Kier alpha value is -1.76. The van der Waals surface area contributed by atoms with Crippen LogP contribution >= 0.6 is 11.5 Å². The van der Waals surface area contributed by atoms with E-state index in [1.807, 2.05) is 0 Å². The van der Waals surface area contributed by atoms with Gasteiger partial charge in [0, 0.05) is 6.20 Å². The van der Waals surface area contributed by atoms with Gasteiger partial charge in [-0.2, -0.15) is 0 Å². The van der Waals surface area contributed by atoms with E-state index in [1.165, 1.54) is 0 Å². The second-order valence-corrected chi connectivity index (χ2v) is 2.93. The lowest BCUT2D eigenvalue weighted by Gasteiger charge is -1.82. The van der Waals surface area contributed by atoms with Gasteiger partial charge in [-0.05, 0) is 17.6 Å². The highest BCUT2D eigenvalue weighted by molar-refractivity contribution is 7.09. The Bertz CT molecular complexity index is 422. The van der Waals surface area contributed by atoms with Crippen molar-refractivity contribution >= 4 is 17.5 Å².